The van der Waals surface area contributed by atoms with E-state index in [4.69, 9.17) is 4.74 Å². The summed E-state index contributed by atoms with van der Waals surface area (Å²) in [6, 6.07) is 3.62. The molecule has 1 heterocycles. The number of nitrogens with zero attached hydrogens (tertiary/aromatic N) is 1. The summed E-state index contributed by atoms with van der Waals surface area (Å²) in [6.45, 7) is 1.93. The molecule has 0 aliphatic heterocycles. The maximum absolute atomic E-state index is 10.6. The summed E-state index contributed by atoms with van der Waals surface area (Å²) >= 11 is 0. The molecule has 0 aromatic carbocycles. The first-order valence-corrected chi connectivity index (χ1v) is 3.95. The van der Waals surface area contributed by atoms with Crippen LogP contribution in [0, 0.1) is 0 Å². The van der Waals surface area contributed by atoms with E-state index in [0.717, 1.165) is 5.69 Å². The van der Waals surface area contributed by atoms with Crippen LogP contribution in [0.25, 0.3) is 0 Å². The van der Waals surface area contributed by atoms with Crippen molar-refractivity contribution in [3.05, 3.63) is 24.0 Å². The van der Waals surface area contributed by atoms with E-state index in [1.165, 1.54) is 6.92 Å². The van der Waals surface area contributed by atoms with E-state index in [-0.39, 0.29) is 5.91 Å². The molecule has 13 heavy (non-hydrogen) atoms. The third-order valence-electron chi connectivity index (χ3n) is 1.55. The molecular formula is C9H12N2O2. The van der Waals surface area contributed by atoms with Crippen LogP contribution in [-0.4, -0.2) is 18.0 Å². The molecular weight excluding hydrogens is 168 g/mol. The Kier molecular flexibility index (Phi) is 3.25. The number of carbonyl (C=O) groups is 1. The zero-order chi connectivity index (χ0) is 9.68. The monoisotopic (exact) mass is 180 g/mol. The van der Waals surface area contributed by atoms with Crippen molar-refractivity contribution >= 4 is 5.91 Å². The Morgan fingerprint density at radius 1 is 1.62 bits per heavy atom. The van der Waals surface area contributed by atoms with Gasteiger partial charge in [0.1, 0.15) is 5.75 Å². The fourth-order valence-electron chi connectivity index (χ4n) is 0.851. The van der Waals surface area contributed by atoms with Gasteiger partial charge in [-0.3, -0.25) is 9.78 Å². The Hall–Kier alpha value is -1.58. The summed E-state index contributed by atoms with van der Waals surface area (Å²) in [6.07, 6.45) is 1.62. The third-order valence-corrected chi connectivity index (χ3v) is 1.55. The molecule has 70 valence electrons. The molecule has 1 rings (SSSR count). The Labute approximate surface area is 76.9 Å². The smallest absolute Gasteiger partial charge is 0.217 e. The van der Waals surface area contributed by atoms with Crippen molar-refractivity contribution < 1.29 is 9.53 Å². The van der Waals surface area contributed by atoms with E-state index in [1.54, 1.807) is 13.3 Å². The van der Waals surface area contributed by atoms with Crippen LogP contribution in [-0.2, 0) is 11.3 Å². The standard InChI is InChI=1S/C9H12N2O2/c1-7(12)10-5-8-3-4-9(13-2)6-11-8/h3-4,6H,5H2,1-2H3,(H,10,12). The summed E-state index contributed by atoms with van der Waals surface area (Å²) in [5, 5.41) is 2.66. The molecule has 0 unspecified atom stereocenters. The van der Waals surface area contributed by atoms with Gasteiger partial charge in [0.25, 0.3) is 0 Å². The van der Waals surface area contributed by atoms with Crippen LogP contribution in [0.3, 0.4) is 0 Å². The topological polar surface area (TPSA) is 51.2 Å². The lowest BCUT2D eigenvalue weighted by molar-refractivity contribution is -0.119. The van der Waals surface area contributed by atoms with Crippen LogP contribution in [0.5, 0.6) is 5.75 Å². The summed E-state index contributed by atoms with van der Waals surface area (Å²) in [4.78, 5) is 14.7. The van der Waals surface area contributed by atoms with Crippen molar-refractivity contribution in [2.24, 2.45) is 0 Å². The molecule has 0 bridgehead atoms. The first-order valence-electron chi connectivity index (χ1n) is 3.95. The fraction of sp³-hybridized carbons (Fsp3) is 0.333. The van der Waals surface area contributed by atoms with Gasteiger partial charge in [0.2, 0.25) is 5.91 Å². The van der Waals surface area contributed by atoms with Gasteiger partial charge in [-0.2, -0.15) is 0 Å². The van der Waals surface area contributed by atoms with Gasteiger partial charge in [0.05, 0.1) is 25.5 Å². The maximum Gasteiger partial charge on any atom is 0.217 e. The molecule has 0 saturated carbocycles. The number of hydrogen-bond acceptors (Lipinski definition) is 3. The minimum atomic E-state index is -0.0578. The lowest BCUT2D eigenvalue weighted by atomic mass is 10.3. The van der Waals surface area contributed by atoms with E-state index in [1.807, 2.05) is 12.1 Å². The average molecular weight is 180 g/mol. The zero-order valence-corrected chi connectivity index (χ0v) is 7.70. The second-order valence-electron chi connectivity index (χ2n) is 2.60. The second-order valence-corrected chi connectivity index (χ2v) is 2.60. The summed E-state index contributed by atoms with van der Waals surface area (Å²) in [5.41, 5.74) is 0.816. The molecule has 0 atom stereocenters. The number of amides is 1. The van der Waals surface area contributed by atoms with Gasteiger partial charge in [-0.05, 0) is 12.1 Å². The molecule has 0 radical (unpaired) electrons. The number of aromatic nitrogens is 1. The number of nitrogens with one attached hydrogen (secondary N) is 1. The van der Waals surface area contributed by atoms with E-state index >= 15 is 0 Å². The van der Waals surface area contributed by atoms with Crippen molar-refractivity contribution in [1.82, 2.24) is 10.3 Å². The van der Waals surface area contributed by atoms with Crippen molar-refractivity contribution in [2.45, 2.75) is 13.5 Å². The minimum Gasteiger partial charge on any atom is -0.495 e. The molecule has 4 nitrogen and oxygen atoms in total. The fourth-order valence-corrected chi connectivity index (χ4v) is 0.851. The van der Waals surface area contributed by atoms with Crippen molar-refractivity contribution in [1.29, 1.82) is 0 Å². The van der Waals surface area contributed by atoms with Crippen LogP contribution in [0.1, 0.15) is 12.6 Å². The van der Waals surface area contributed by atoms with Crippen molar-refractivity contribution in [3.63, 3.8) is 0 Å². The zero-order valence-electron chi connectivity index (χ0n) is 7.70. The predicted molar refractivity (Wildman–Crippen MR) is 48.3 cm³/mol. The number of pyridine rings is 1. The lowest BCUT2D eigenvalue weighted by Gasteiger charge is -2.02. The Morgan fingerprint density at radius 3 is 2.85 bits per heavy atom. The largest absolute Gasteiger partial charge is 0.495 e. The van der Waals surface area contributed by atoms with Crippen LogP contribution in [0.4, 0.5) is 0 Å². The molecule has 0 aliphatic carbocycles. The Morgan fingerprint density at radius 2 is 2.38 bits per heavy atom. The van der Waals surface area contributed by atoms with E-state index in [2.05, 4.69) is 10.3 Å². The van der Waals surface area contributed by atoms with Gasteiger partial charge in [0, 0.05) is 6.92 Å². The molecule has 1 aromatic heterocycles. The van der Waals surface area contributed by atoms with Gasteiger partial charge in [-0.25, -0.2) is 0 Å². The maximum atomic E-state index is 10.6. The summed E-state index contributed by atoms with van der Waals surface area (Å²) in [5.74, 6) is 0.657. The highest BCUT2D eigenvalue weighted by molar-refractivity contribution is 5.72. The molecule has 0 fully saturated rings. The number of hydrogen-bond donors (Lipinski definition) is 1. The van der Waals surface area contributed by atoms with Gasteiger partial charge in [-0.1, -0.05) is 0 Å². The lowest BCUT2D eigenvalue weighted by Crippen LogP contribution is -2.19. The predicted octanol–water partition coefficient (Wildman–Crippen LogP) is 0.726. The summed E-state index contributed by atoms with van der Waals surface area (Å²) < 4.78 is 4.94. The van der Waals surface area contributed by atoms with Crippen LogP contribution < -0.4 is 10.1 Å². The van der Waals surface area contributed by atoms with Crippen LogP contribution in [0.2, 0.25) is 0 Å². The Balaban J connectivity index is 2.54. The van der Waals surface area contributed by atoms with Gasteiger partial charge < -0.3 is 10.1 Å². The van der Waals surface area contributed by atoms with Crippen LogP contribution >= 0.6 is 0 Å². The quantitative estimate of drug-likeness (QED) is 0.745. The highest BCUT2D eigenvalue weighted by Crippen LogP contribution is 2.07. The number of methoxy groups -OCH3 is 1. The van der Waals surface area contributed by atoms with Gasteiger partial charge in [0.15, 0.2) is 0 Å². The average Bonchev–Trinajstić information content (AvgIpc) is 2.15. The van der Waals surface area contributed by atoms with E-state index in [0.29, 0.717) is 12.3 Å². The molecule has 1 N–H and O–H groups in total. The van der Waals surface area contributed by atoms with E-state index in [9.17, 15) is 4.79 Å². The molecule has 0 saturated heterocycles. The summed E-state index contributed by atoms with van der Waals surface area (Å²) in [7, 11) is 1.59. The molecule has 1 amide bonds. The first-order chi connectivity index (χ1) is 6.22. The minimum absolute atomic E-state index is 0.0578. The van der Waals surface area contributed by atoms with Gasteiger partial charge in [-0.15, -0.1) is 0 Å². The SMILES string of the molecule is COc1ccc(CNC(C)=O)nc1. The molecule has 1 aromatic rings. The number of rotatable bonds is 3. The molecule has 0 aliphatic rings. The first kappa shape index (κ1) is 9.51. The van der Waals surface area contributed by atoms with Crippen molar-refractivity contribution in [3.8, 4) is 5.75 Å². The molecule has 0 spiro atoms. The second kappa shape index (κ2) is 4.45. The Bertz CT molecular complexity index is 282. The van der Waals surface area contributed by atoms with E-state index < -0.39 is 0 Å². The van der Waals surface area contributed by atoms with Gasteiger partial charge >= 0.3 is 0 Å². The molecule has 4 heteroatoms. The number of carbonyl (C=O) groups excluding carboxylic acids is 1. The number of ether oxygens (including phenoxy) is 1. The highest BCUT2D eigenvalue weighted by atomic mass is 16.5. The highest BCUT2D eigenvalue weighted by Gasteiger charge is 1.96. The third kappa shape index (κ3) is 3.11. The van der Waals surface area contributed by atoms with Crippen molar-refractivity contribution in [2.75, 3.05) is 7.11 Å². The normalized spacial score (nSPS) is 9.38. The van der Waals surface area contributed by atoms with Crippen LogP contribution in [0.15, 0.2) is 18.3 Å².